The van der Waals surface area contributed by atoms with Gasteiger partial charge in [-0.05, 0) is 6.07 Å². The van der Waals surface area contributed by atoms with E-state index in [2.05, 4.69) is 9.97 Å². The molecule has 15 heavy (non-hydrogen) atoms. The fourth-order valence-electron chi connectivity index (χ4n) is 1.20. The van der Waals surface area contributed by atoms with Crippen molar-refractivity contribution in [2.24, 2.45) is 0 Å². The maximum Gasteiger partial charge on any atom is 0.321 e. The Morgan fingerprint density at radius 3 is 2.87 bits per heavy atom. The second kappa shape index (κ2) is 3.16. The summed E-state index contributed by atoms with van der Waals surface area (Å²) in [5, 5.41) is 8.64. The van der Waals surface area contributed by atoms with Gasteiger partial charge in [0.15, 0.2) is 11.3 Å². The lowest BCUT2D eigenvalue weighted by Crippen LogP contribution is -2.00. The van der Waals surface area contributed by atoms with E-state index in [1.54, 1.807) is 6.07 Å². The summed E-state index contributed by atoms with van der Waals surface area (Å²) in [5.41, 5.74) is 5.71. The second-order valence-electron chi connectivity index (χ2n) is 2.81. The first-order valence-electron chi connectivity index (χ1n) is 3.95. The summed E-state index contributed by atoms with van der Waals surface area (Å²) in [4.78, 5) is 7.42. The fourth-order valence-corrected chi connectivity index (χ4v) is 1.20. The Morgan fingerprint density at radius 1 is 1.53 bits per heavy atom. The molecule has 2 aromatic heterocycles. The van der Waals surface area contributed by atoms with Crippen LogP contribution in [0.4, 0.5) is 14.5 Å². The number of imidazole rings is 1. The number of nitrogens with zero attached hydrogens (tertiary/aromatic N) is 4. The van der Waals surface area contributed by atoms with Crippen LogP contribution >= 0.6 is 0 Å². The molecule has 0 amide bonds. The topological polar surface area (TPSA) is 80.5 Å². The Kier molecular flexibility index (Phi) is 1.97. The van der Waals surface area contributed by atoms with Crippen LogP contribution in [0.15, 0.2) is 12.4 Å². The first-order valence-corrected chi connectivity index (χ1v) is 3.95. The molecule has 2 heterocycles. The SMILES string of the molecule is N#Cc1nc2c(cc1N)ncn2C(F)F. The number of pyridine rings is 1. The molecule has 0 atom stereocenters. The maximum absolute atomic E-state index is 12.4. The number of nitrogens with two attached hydrogens (primary N) is 1. The number of nitriles is 1. The van der Waals surface area contributed by atoms with Crippen molar-refractivity contribution in [1.29, 1.82) is 5.26 Å². The van der Waals surface area contributed by atoms with E-state index < -0.39 is 6.55 Å². The summed E-state index contributed by atoms with van der Waals surface area (Å²) in [6, 6.07) is 3.07. The molecule has 0 aliphatic carbocycles. The van der Waals surface area contributed by atoms with Crippen LogP contribution in [-0.4, -0.2) is 14.5 Å². The van der Waals surface area contributed by atoms with Gasteiger partial charge in [0.05, 0.1) is 5.69 Å². The molecule has 0 saturated carbocycles. The van der Waals surface area contributed by atoms with Gasteiger partial charge in [0, 0.05) is 0 Å². The molecule has 0 spiro atoms. The van der Waals surface area contributed by atoms with E-state index in [-0.39, 0.29) is 22.5 Å². The zero-order valence-electron chi connectivity index (χ0n) is 7.35. The van der Waals surface area contributed by atoms with Crippen LogP contribution in [0, 0.1) is 11.3 Å². The normalized spacial score (nSPS) is 10.8. The molecule has 2 N–H and O–H groups in total. The second-order valence-corrected chi connectivity index (χ2v) is 2.81. The molecule has 5 nitrogen and oxygen atoms in total. The van der Waals surface area contributed by atoms with Crippen LogP contribution in [0.2, 0.25) is 0 Å². The zero-order chi connectivity index (χ0) is 11.0. The number of hydrogen-bond acceptors (Lipinski definition) is 4. The van der Waals surface area contributed by atoms with Crippen LogP contribution in [-0.2, 0) is 0 Å². The Hall–Kier alpha value is -2.23. The van der Waals surface area contributed by atoms with Gasteiger partial charge in [-0.3, -0.25) is 4.57 Å². The van der Waals surface area contributed by atoms with Gasteiger partial charge in [-0.25, -0.2) is 9.97 Å². The molecule has 0 aromatic carbocycles. The minimum atomic E-state index is -2.74. The third-order valence-electron chi connectivity index (χ3n) is 1.89. The Labute approximate surface area is 82.8 Å². The minimum Gasteiger partial charge on any atom is -0.396 e. The number of anilines is 1. The molecule has 7 heteroatoms. The number of rotatable bonds is 1. The van der Waals surface area contributed by atoms with Crippen LogP contribution in [0.25, 0.3) is 11.2 Å². The fraction of sp³-hybridized carbons (Fsp3) is 0.125. The predicted molar refractivity (Wildman–Crippen MR) is 47.9 cm³/mol. The monoisotopic (exact) mass is 209 g/mol. The van der Waals surface area contributed by atoms with Crippen molar-refractivity contribution in [3.05, 3.63) is 18.1 Å². The average Bonchev–Trinajstić information content (AvgIpc) is 2.59. The molecule has 0 radical (unpaired) electrons. The summed E-state index contributed by atoms with van der Waals surface area (Å²) < 4.78 is 25.4. The molecule has 0 bridgehead atoms. The van der Waals surface area contributed by atoms with Gasteiger partial charge in [0.25, 0.3) is 0 Å². The highest BCUT2D eigenvalue weighted by molar-refractivity contribution is 5.77. The van der Waals surface area contributed by atoms with Gasteiger partial charge in [0.1, 0.15) is 17.9 Å². The lowest BCUT2D eigenvalue weighted by Gasteiger charge is -2.01. The summed E-state index contributed by atoms with van der Waals surface area (Å²) >= 11 is 0. The zero-order valence-corrected chi connectivity index (χ0v) is 7.35. The molecule has 2 rings (SSSR count). The lowest BCUT2D eigenvalue weighted by molar-refractivity contribution is 0.0740. The van der Waals surface area contributed by atoms with Gasteiger partial charge in [-0.1, -0.05) is 0 Å². The molecule has 2 aromatic rings. The highest BCUT2D eigenvalue weighted by Gasteiger charge is 2.14. The van der Waals surface area contributed by atoms with Crippen molar-refractivity contribution >= 4 is 16.9 Å². The largest absolute Gasteiger partial charge is 0.396 e. The number of aromatic nitrogens is 3. The average molecular weight is 209 g/mol. The summed E-state index contributed by atoms with van der Waals surface area (Å²) in [6.07, 6.45) is 0.961. The van der Waals surface area contributed by atoms with E-state index in [0.29, 0.717) is 4.57 Å². The first-order chi connectivity index (χ1) is 7.13. The number of alkyl halides is 2. The molecule has 0 unspecified atom stereocenters. The van der Waals surface area contributed by atoms with Crippen LogP contribution in [0.3, 0.4) is 0 Å². The third-order valence-corrected chi connectivity index (χ3v) is 1.89. The highest BCUT2D eigenvalue weighted by atomic mass is 19.3. The van der Waals surface area contributed by atoms with Gasteiger partial charge >= 0.3 is 6.55 Å². The molecule has 0 saturated heterocycles. The van der Waals surface area contributed by atoms with Gasteiger partial charge < -0.3 is 5.73 Å². The first kappa shape index (κ1) is 9.33. The Morgan fingerprint density at radius 2 is 2.27 bits per heavy atom. The van der Waals surface area contributed by atoms with Gasteiger partial charge in [-0.15, -0.1) is 0 Å². The van der Waals surface area contributed by atoms with Gasteiger partial charge in [0.2, 0.25) is 0 Å². The number of halogens is 2. The molecule has 0 fully saturated rings. The van der Waals surface area contributed by atoms with Crippen LogP contribution in [0.5, 0.6) is 0 Å². The Bertz CT molecular complexity index is 554. The van der Waals surface area contributed by atoms with E-state index in [9.17, 15) is 8.78 Å². The van der Waals surface area contributed by atoms with Crippen molar-refractivity contribution in [2.75, 3.05) is 5.73 Å². The predicted octanol–water partition coefficient (Wildman–Crippen LogP) is 1.28. The van der Waals surface area contributed by atoms with E-state index in [0.717, 1.165) is 6.33 Å². The summed E-state index contributed by atoms with van der Waals surface area (Å²) in [6.45, 7) is -2.74. The number of fused-ring (bicyclic) bond motifs is 1. The molecule has 0 aliphatic heterocycles. The van der Waals surface area contributed by atoms with Crippen LogP contribution in [0.1, 0.15) is 12.2 Å². The molecular weight excluding hydrogens is 204 g/mol. The van der Waals surface area contributed by atoms with E-state index in [4.69, 9.17) is 11.0 Å². The van der Waals surface area contributed by atoms with Crippen molar-refractivity contribution in [2.45, 2.75) is 6.55 Å². The lowest BCUT2D eigenvalue weighted by atomic mass is 10.3. The Balaban J connectivity index is 2.76. The standard InChI is InChI=1S/C8H5F2N5/c9-8(10)15-3-13-5-1-4(12)6(2-11)14-7(5)15/h1,3,8H,12H2. The molecule has 76 valence electrons. The smallest absolute Gasteiger partial charge is 0.321 e. The van der Waals surface area contributed by atoms with E-state index >= 15 is 0 Å². The third kappa shape index (κ3) is 1.36. The van der Waals surface area contributed by atoms with E-state index in [1.165, 1.54) is 6.07 Å². The van der Waals surface area contributed by atoms with Crippen molar-refractivity contribution in [1.82, 2.24) is 14.5 Å². The quantitative estimate of drug-likeness (QED) is 0.767. The van der Waals surface area contributed by atoms with Crippen LogP contribution < -0.4 is 5.73 Å². The van der Waals surface area contributed by atoms with Crippen molar-refractivity contribution in [3.8, 4) is 6.07 Å². The number of hydrogen-bond donors (Lipinski definition) is 1. The van der Waals surface area contributed by atoms with E-state index in [1.807, 2.05) is 0 Å². The molecular formula is C8H5F2N5. The summed E-state index contributed by atoms with van der Waals surface area (Å²) in [5.74, 6) is 0. The van der Waals surface area contributed by atoms with Crippen molar-refractivity contribution in [3.63, 3.8) is 0 Å². The van der Waals surface area contributed by atoms with Crippen molar-refractivity contribution < 1.29 is 8.78 Å². The minimum absolute atomic E-state index is 0.0456. The summed E-state index contributed by atoms with van der Waals surface area (Å²) in [7, 11) is 0. The highest BCUT2D eigenvalue weighted by Crippen LogP contribution is 2.21. The molecule has 0 aliphatic rings. The maximum atomic E-state index is 12.4. The number of nitrogen functional groups attached to an aromatic ring is 1. The van der Waals surface area contributed by atoms with Gasteiger partial charge in [-0.2, -0.15) is 14.0 Å².